The van der Waals surface area contributed by atoms with Crippen LogP contribution < -0.4 is 0 Å². The number of aliphatic hydroxyl groups is 2. The minimum atomic E-state index is 0. The topological polar surface area (TPSA) is 132 Å². The molecule has 0 bridgehead atoms. The van der Waals surface area contributed by atoms with Crippen LogP contribution in [-0.2, 0) is 0 Å². The van der Waals surface area contributed by atoms with E-state index in [0.29, 0.717) is 0 Å². The van der Waals surface area contributed by atoms with Gasteiger partial charge in [0.05, 0.1) is 0 Å². The summed E-state index contributed by atoms with van der Waals surface area (Å²) < 4.78 is 0. The van der Waals surface area contributed by atoms with Crippen LogP contribution in [0.3, 0.4) is 0 Å². The van der Waals surface area contributed by atoms with Gasteiger partial charge in [0.15, 0.2) is 0 Å². The van der Waals surface area contributed by atoms with Gasteiger partial charge in [0, 0.05) is 56.1 Å². The molecule has 0 aliphatic heterocycles. The molecule has 0 saturated heterocycles. The summed E-state index contributed by atoms with van der Waals surface area (Å²) in [5, 5.41) is 42.1. The standard InChI is InChI=1S/2C6H6O2.2CH4O.Ge/c2*7-5-3-1-2-4-6(5)8;2*1-2;/h2*1-4,7-8H;2*2H,1H3;/p+4. The maximum absolute atomic E-state index is 7.03. The second kappa shape index (κ2) is 16.2. The number of para-hydroxylation sites is 4. The number of hydrogen-bond donors (Lipinski definition) is 2. The van der Waals surface area contributed by atoms with Crippen LogP contribution in [0.25, 0.3) is 0 Å². The van der Waals surface area contributed by atoms with Crippen LogP contribution >= 0.6 is 0 Å². The predicted octanol–water partition coefficient (Wildman–Crippen LogP) is -0.0390. The third-order valence-corrected chi connectivity index (χ3v) is 1.85. The first kappa shape index (κ1) is 24.1. The fourth-order valence-corrected chi connectivity index (χ4v) is 0.966. The van der Waals surface area contributed by atoms with Crippen LogP contribution in [-0.4, -0.2) is 62.5 Å². The van der Waals surface area contributed by atoms with Gasteiger partial charge in [-0.05, 0) is 0 Å². The van der Waals surface area contributed by atoms with E-state index in [0.717, 1.165) is 14.2 Å². The molecule has 2 aromatic rings. The van der Waals surface area contributed by atoms with Gasteiger partial charge >= 0.3 is 23.0 Å². The summed E-state index contributed by atoms with van der Waals surface area (Å²) in [5.74, 6) is 1.14. The van der Waals surface area contributed by atoms with E-state index in [1.54, 1.807) is 48.5 Å². The molecule has 0 heterocycles. The van der Waals surface area contributed by atoms with Crippen molar-refractivity contribution in [1.82, 2.24) is 0 Å². The second-order valence-corrected chi connectivity index (χ2v) is 3.09. The molecule has 0 unspecified atom stereocenters. The SMILES string of the molecule is CO.CO.[Ge].[OH2+]c1ccccc1[OH2+].[OH2+]c1ccccc1[OH2+]. The Kier molecular flexibility index (Phi) is 18.6. The van der Waals surface area contributed by atoms with Crippen LogP contribution in [0.1, 0.15) is 0 Å². The summed E-state index contributed by atoms with van der Waals surface area (Å²) in [4.78, 5) is 0. The van der Waals surface area contributed by atoms with Crippen molar-refractivity contribution < 1.29 is 30.6 Å². The Morgan fingerprint density at radius 3 is 0.762 bits per heavy atom. The molecular weight excluding hydrogens is 337 g/mol. The summed E-state index contributed by atoms with van der Waals surface area (Å²) in [7, 11) is 2.00. The van der Waals surface area contributed by atoms with Crippen LogP contribution in [0, 0.1) is 0 Å². The molecule has 0 aliphatic carbocycles. The maximum atomic E-state index is 7.03. The Hall–Kier alpha value is -1.90. The molecule has 0 aromatic heterocycles. The average molecular weight is 361 g/mol. The zero-order valence-corrected chi connectivity index (χ0v) is 14.1. The Labute approximate surface area is 134 Å². The van der Waals surface area contributed by atoms with E-state index >= 15 is 0 Å². The van der Waals surface area contributed by atoms with E-state index in [1.165, 1.54) is 0 Å². The zero-order valence-electron chi connectivity index (χ0n) is 12.0. The molecule has 10 N–H and O–H groups in total. The fourth-order valence-electron chi connectivity index (χ4n) is 0.966. The monoisotopic (exact) mass is 362 g/mol. The summed E-state index contributed by atoms with van der Waals surface area (Å²) in [6.07, 6.45) is 0. The molecule has 7 heteroatoms. The molecule has 0 atom stereocenters. The van der Waals surface area contributed by atoms with Gasteiger partial charge < -0.3 is 30.6 Å². The van der Waals surface area contributed by atoms with Gasteiger partial charge in [0.1, 0.15) is 0 Å². The molecule has 2 aromatic carbocycles. The fraction of sp³-hybridized carbons (Fsp3) is 0.143. The van der Waals surface area contributed by atoms with Crippen molar-refractivity contribution in [2.75, 3.05) is 14.2 Å². The van der Waals surface area contributed by atoms with Crippen molar-refractivity contribution in [3.05, 3.63) is 48.5 Å². The summed E-state index contributed by atoms with van der Waals surface area (Å²) in [6.45, 7) is 0. The van der Waals surface area contributed by atoms with Gasteiger partial charge in [-0.1, -0.05) is 24.3 Å². The van der Waals surface area contributed by atoms with Crippen LogP contribution in [0.4, 0.5) is 0 Å². The minimum Gasteiger partial charge on any atom is -0.587 e. The second-order valence-electron chi connectivity index (χ2n) is 3.09. The predicted molar refractivity (Wildman–Crippen MR) is 87.2 cm³/mol. The zero-order chi connectivity index (χ0) is 16.0. The molecule has 4 radical (unpaired) electrons. The van der Waals surface area contributed by atoms with Gasteiger partial charge in [-0.3, -0.25) is 0 Å². The molecule has 116 valence electrons. The molecule has 0 spiro atoms. The molecule has 0 aliphatic rings. The van der Waals surface area contributed by atoms with E-state index in [9.17, 15) is 0 Å². The molecule has 2 rings (SSSR count). The summed E-state index contributed by atoms with van der Waals surface area (Å²) in [6, 6.07) is 13.4. The Bertz CT molecular complexity index is 379. The quantitative estimate of drug-likeness (QED) is 0.504. The Balaban J connectivity index is -0.000000240. The minimum absolute atomic E-state index is 0. The van der Waals surface area contributed by atoms with E-state index in [2.05, 4.69) is 0 Å². The molecular formula is C14H24GeO6+4. The molecule has 0 saturated carbocycles. The third-order valence-electron chi connectivity index (χ3n) is 1.85. The Morgan fingerprint density at radius 1 is 0.524 bits per heavy atom. The van der Waals surface area contributed by atoms with E-state index in [1.807, 2.05) is 0 Å². The van der Waals surface area contributed by atoms with E-state index in [-0.39, 0.29) is 40.6 Å². The Morgan fingerprint density at radius 2 is 0.667 bits per heavy atom. The molecule has 0 amide bonds. The molecule has 0 fully saturated rings. The van der Waals surface area contributed by atoms with Gasteiger partial charge in [-0.2, -0.15) is 0 Å². The van der Waals surface area contributed by atoms with Crippen LogP contribution in [0.5, 0.6) is 23.0 Å². The third kappa shape index (κ3) is 11.6. The van der Waals surface area contributed by atoms with Gasteiger partial charge in [0.2, 0.25) is 0 Å². The van der Waals surface area contributed by atoms with Crippen LogP contribution in [0.15, 0.2) is 48.5 Å². The summed E-state index contributed by atoms with van der Waals surface area (Å²) in [5.41, 5.74) is 0. The van der Waals surface area contributed by atoms with Crippen molar-refractivity contribution in [1.29, 1.82) is 0 Å². The van der Waals surface area contributed by atoms with Gasteiger partial charge in [0.25, 0.3) is 0 Å². The molecule has 21 heavy (non-hydrogen) atoms. The van der Waals surface area contributed by atoms with Gasteiger partial charge in [-0.25, -0.2) is 0 Å². The number of benzene rings is 2. The number of hydrogen-bond acceptors (Lipinski definition) is 2. The normalized spacial score (nSPS) is 7.43. The first-order valence-electron chi connectivity index (χ1n) is 5.55. The van der Waals surface area contributed by atoms with E-state index in [4.69, 9.17) is 30.6 Å². The van der Waals surface area contributed by atoms with Crippen molar-refractivity contribution in [2.45, 2.75) is 0 Å². The number of rotatable bonds is 0. The van der Waals surface area contributed by atoms with Crippen molar-refractivity contribution in [3.63, 3.8) is 0 Å². The van der Waals surface area contributed by atoms with Crippen molar-refractivity contribution >= 4 is 17.6 Å². The van der Waals surface area contributed by atoms with Crippen molar-refractivity contribution in [2.24, 2.45) is 0 Å². The first-order valence-corrected chi connectivity index (χ1v) is 5.55. The van der Waals surface area contributed by atoms with Gasteiger partial charge in [-0.15, -0.1) is 0 Å². The van der Waals surface area contributed by atoms with Crippen LogP contribution in [0.2, 0.25) is 0 Å². The maximum Gasteiger partial charge on any atom is 0.351 e. The average Bonchev–Trinajstić information content (AvgIpc) is 2.50. The van der Waals surface area contributed by atoms with E-state index < -0.39 is 0 Å². The smallest absolute Gasteiger partial charge is 0.351 e. The molecule has 6 nitrogen and oxygen atoms in total. The number of aliphatic hydroxyl groups excluding tert-OH is 2. The summed E-state index contributed by atoms with van der Waals surface area (Å²) >= 11 is 0. The largest absolute Gasteiger partial charge is 0.587 e. The first-order chi connectivity index (χ1) is 9.61. The van der Waals surface area contributed by atoms with Crippen molar-refractivity contribution in [3.8, 4) is 23.0 Å².